The molecule has 1 unspecified atom stereocenters. The van der Waals surface area contributed by atoms with Crippen molar-refractivity contribution >= 4 is 0 Å². The third-order valence-electron chi connectivity index (χ3n) is 1.70. The Labute approximate surface area is 69.4 Å². The molecule has 0 rings (SSSR count). The fourth-order valence-corrected chi connectivity index (χ4v) is 1.06. The zero-order chi connectivity index (χ0) is 8.53. The molecule has 0 bridgehead atoms. The van der Waals surface area contributed by atoms with Crippen LogP contribution in [0.4, 0.5) is 0 Å². The molecule has 0 aromatic heterocycles. The lowest BCUT2D eigenvalue weighted by Crippen LogP contribution is -2.03. The minimum absolute atomic E-state index is 0.301. The van der Waals surface area contributed by atoms with Gasteiger partial charge in [0.2, 0.25) is 0 Å². The Balaban J connectivity index is 3.50. The summed E-state index contributed by atoms with van der Waals surface area (Å²) in [4.78, 5) is 0. The maximum atomic E-state index is 8.90. The number of hydrogen-bond donors (Lipinski definition) is 1. The Morgan fingerprint density at radius 3 is 2.73 bits per heavy atom. The Hall–Kier alpha value is -0.560. The number of hydrogen-bond acceptors (Lipinski definition) is 1. The van der Waals surface area contributed by atoms with Crippen molar-refractivity contribution in [2.24, 2.45) is 5.92 Å². The van der Waals surface area contributed by atoms with Gasteiger partial charge in [-0.2, -0.15) is 0 Å². The highest BCUT2D eigenvalue weighted by Gasteiger charge is 2.01. The Morgan fingerprint density at radius 1 is 1.55 bits per heavy atom. The highest BCUT2D eigenvalue weighted by Crippen LogP contribution is 2.10. The average molecular weight is 154 g/mol. The molecule has 0 fully saturated rings. The summed E-state index contributed by atoms with van der Waals surface area (Å²) in [6.07, 6.45) is 8.98. The summed E-state index contributed by atoms with van der Waals surface area (Å²) in [5.41, 5.74) is 0. The molecule has 0 radical (unpaired) electrons. The van der Waals surface area contributed by atoms with Crippen LogP contribution in [0, 0.1) is 5.92 Å². The highest BCUT2D eigenvalue weighted by atomic mass is 16.3. The van der Waals surface area contributed by atoms with E-state index >= 15 is 0 Å². The van der Waals surface area contributed by atoms with Gasteiger partial charge in [-0.15, -0.1) is 0 Å². The van der Waals surface area contributed by atoms with E-state index in [2.05, 4.69) is 19.6 Å². The largest absolute Gasteiger partial charge is 0.396 e. The molecule has 0 aromatic rings. The Bertz CT molecular complexity index is 116. The molecular weight excluding hydrogens is 136 g/mol. The maximum Gasteiger partial charge on any atom is 0.0462 e. The van der Waals surface area contributed by atoms with Gasteiger partial charge in [0.15, 0.2) is 0 Å². The molecule has 0 aliphatic rings. The molecule has 1 nitrogen and oxygen atoms in total. The molecule has 1 heteroatoms. The number of aliphatic hydroxyl groups is 1. The predicted octanol–water partition coefficient (Wildman–Crippen LogP) is 2.53. The summed E-state index contributed by atoms with van der Waals surface area (Å²) in [6, 6.07) is 0. The number of rotatable bonds is 6. The molecule has 0 amide bonds. The smallest absolute Gasteiger partial charge is 0.0462 e. The van der Waals surface area contributed by atoms with Gasteiger partial charge in [-0.25, -0.2) is 0 Å². The summed E-state index contributed by atoms with van der Waals surface area (Å²) in [5.74, 6) is 0.441. The zero-order valence-corrected chi connectivity index (χ0v) is 7.29. The molecule has 0 saturated heterocycles. The Morgan fingerprint density at radius 2 is 2.27 bits per heavy atom. The normalized spacial score (nSPS) is 13.6. The van der Waals surface area contributed by atoms with E-state index in [1.54, 1.807) is 6.08 Å². The van der Waals surface area contributed by atoms with E-state index in [1.165, 1.54) is 0 Å². The van der Waals surface area contributed by atoms with Crippen LogP contribution in [0.15, 0.2) is 24.8 Å². The SMILES string of the molecule is C=C/C=C/CC(CO)CCC. The van der Waals surface area contributed by atoms with Crippen molar-refractivity contribution in [3.63, 3.8) is 0 Å². The van der Waals surface area contributed by atoms with Gasteiger partial charge in [0.1, 0.15) is 0 Å². The molecule has 0 spiro atoms. The van der Waals surface area contributed by atoms with Gasteiger partial charge in [0.05, 0.1) is 0 Å². The summed E-state index contributed by atoms with van der Waals surface area (Å²) in [5, 5.41) is 8.90. The zero-order valence-electron chi connectivity index (χ0n) is 7.29. The monoisotopic (exact) mass is 154 g/mol. The fraction of sp³-hybridized carbons (Fsp3) is 0.600. The molecule has 1 atom stereocenters. The van der Waals surface area contributed by atoms with Gasteiger partial charge in [-0.05, 0) is 18.8 Å². The van der Waals surface area contributed by atoms with Crippen molar-refractivity contribution in [3.8, 4) is 0 Å². The fourth-order valence-electron chi connectivity index (χ4n) is 1.06. The van der Waals surface area contributed by atoms with E-state index in [1.807, 2.05) is 6.08 Å². The van der Waals surface area contributed by atoms with Crippen molar-refractivity contribution in [3.05, 3.63) is 24.8 Å². The van der Waals surface area contributed by atoms with Crippen molar-refractivity contribution in [2.45, 2.75) is 26.2 Å². The second-order valence-electron chi connectivity index (χ2n) is 2.74. The summed E-state index contributed by atoms with van der Waals surface area (Å²) in [7, 11) is 0. The molecule has 0 aromatic carbocycles. The minimum atomic E-state index is 0.301. The molecule has 1 N–H and O–H groups in total. The summed E-state index contributed by atoms with van der Waals surface area (Å²) < 4.78 is 0. The Kier molecular flexibility index (Phi) is 7.16. The van der Waals surface area contributed by atoms with E-state index in [0.717, 1.165) is 19.3 Å². The third kappa shape index (κ3) is 5.86. The first-order valence-corrected chi connectivity index (χ1v) is 4.23. The van der Waals surface area contributed by atoms with E-state index in [0.29, 0.717) is 12.5 Å². The second kappa shape index (κ2) is 7.55. The van der Waals surface area contributed by atoms with Crippen LogP contribution in [-0.2, 0) is 0 Å². The lowest BCUT2D eigenvalue weighted by molar-refractivity contribution is 0.219. The quantitative estimate of drug-likeness (QED) is 0.583. The van der Waals surface area contributed by atoms with E-state index in [4.69, 9.17) is 5.11 Å². The molecule has 64 valence electrons. The summed E-state index contributed by atoms with van der Waals surface area (Å²) in [6.45, 7) is 6.02. The van der Waals surface area contributed by atoms with E-state index in [9.17, 15) is 0 Å². The van der Waals surface area contributed by atoms with Gasteiger partial charge < -0.3 is 5.11 Å². The van der Waals surface area contributed by atoms with Crippen LogP contribution in [0.3, 0.4) is 0 Å². The first-order chi connectivity index (χ1) is 5.35. The number of aliphatic hydroxyl groups excluding tert-OH is 1. The molecule has 0 aliphatic heterocycles. The lowest BCUT2D eigenvalue weighted by atomic mass is 10.0. The van der Waals surface area contributed by atoms with Crippen LogP contribution in [0.1, 0.15) is 26.2 Å². The molecule has 0 aliphatic carbocycles. The maximum absolute atomic E-state index is 8.90. The third-order valence-corrected chi connectivity index (χ3v) is 1.70. The van der Waals surface area contributed by atoms with Gasteiger partial charge in [-0.3, -0.25) is 0 Å². The lowest BCUT2D eigenvalue weighted by Gasteiger charge is -2.08. The molecule has 11 heavy (non-hydrogen) atoms. The van der Waals surface area contributed by atoms with Crippen molar-refractivity contribution < 1.29 is 5.11 Å². The van der Waals surface area contributed by atoms with Crippen LogP contribution < -0.4 is 0 Å². The van der Waals surface area contributed by atoms with Crippen LogP contribution in [-0.4, -0.2) is 11.7 Å². The van der Waals surface area contributed by atoms with Gasteiger partial charge in [0, 0.05) is 6.61 Å². The second-order valence-corrected chi connectivity index (χ2v) is 2.74. The van der Waals surface area contributed by atoms with Crippen LogP contribution in [0.25, 0.3) is 0 Å². The standard InChI is InChI=1S/C10H18O/c1-3-5-6-8-10(9-11)7-4-2/h3,5-6,10-11H,1,4,7-9H2,2H3/b6-5+. The first-order valence-electron chi connectivity index (χ1n) is 4.23. The van der Waals surface area contributed by atoms with E-state index < -0.39 is 0 Å². The topological polar surface area (TPSA) is 20.2 Å². The van der Waals surface area contributed by atoms with Crippen molar-refractivity contribution in [1.82, 2.24) is 0 Å². The van der Waals surface area contributed by atoms with Gasteiger partial charge >= 0.3 is 0 Å². The van der Waals surface area contributed by atoms with Crippen molar-refractivity contribution in [2.75, 3.05) is 6.61 Å². The van der Waals surface area contributed by atoms with Crippen LogP contribution >= 0.6 is 0 Å². The van der Waals surface area contributed by atoms with Crippen LogP contribution in [0.5, 0.6) is 0 Å². The highest BCUT2D eigenvalue weighted by molar-refractivity contribution is 4.97. The first kappa shape index (κ1) is 10.4. The summed E-state index contributed by atoms with van der Waals surface area (Å²) >= 11 is 0. The minimum Gasteiger partial charge on any atom is -0.396 e. The van der Waals surface area contributed by atoms with Gasteiger partial charge in [0.25, 0.3) is 0 Å². The van der Waals surface area contributed by atoms with Gasteiger partial charge in [-0.1, -0.05) is 38.2 Å². The van der Waals surface area contributed by atoms with E-state index in [-0.39, 0.29) is 0 Å². The molecular formula is C10H18O. The average Bonchev–Trinajstić information content (AvgIpc) is 2.03. The van der Waals surface area contributed by atoms with Crippen molar-refractivity contribution in [1.29, 1.82) is 0 Å². The molecule has 0 saturated carbocycles. The van der Waals surface area contributed by atoms with Crippen LogP contribution in [0.2, 0.25) is 0 Å². The predicted molar refractivity (Wildman–Crippen MR) is 49.4 cm³/mol. The molecule has 0 heterocycles. The number of allylic oxidation sites excluding steroid dienone is 3.